The third-order valence-electron chi connectivity index (χ3n) is 3.19. The monoisotopic (exact) mass is 273 g/mol. The predicted octanol–water partition coefficient (Wildman–Crippen LogP) is 4.04. The molecule has 110 valence electrons. The van der Waals surface area contributed by atoms with E-state index in [1.165, 1.54) is 0 Å². The lowest BCUT2D eigenvalue weighted by atomic mass is 9.97. The van der Waals surface area contributed by atoms with Crippen LogP contribution in [0.15, 0.2) is 24.3 Å². The quantitative estimate of drug-likeness (QED) is 0.818. The van der Waals surface area contributed by atoms with Crippen LogP contribution in [-0.2, 0) is 6.54 Å². The zero-order chi connectivity index (χ0) is 15.2. The molecule has 0 spiro atoms. The minimum atomic E-state index is 0.0714. The third kappa shape index (κ3) is 6.12. The van der Waals surface area contributed by atoms with Gasteiger partial charge in [0.1, 0.15) is 5.75 Å². The van der Waals surface area contributed by atoms with Gasteiger partial charge in [-0.2, -0.15) is 0 Å². The predicted molar refractivity (Wildman–Crippen MR) is 85.5 cm³/mol. The summed E-state index contributed by atoms with van der Waals surface area (Å²) in [4.78, 5) is 2.38. The molecule has 1 unspecified atom stereocenters. The summed E-state index contributed by atoms with van der Waals surface area (Å²) in [5.41, 5.74) is 1.21. The number of nitrogens with zero attached hydrogens (tertiary/aromatic N) is 1. The summed E-state index contributed by atoms with van der Waals surface area (Å²) in [6.45, 7) is 12.6. The summed E-state index contributed by atoms with van der Waals surface area (Å²) < 4.78 is 0. The lowest BCUT2D eigenvalue weighted by Crippen LogP contribution is -2.32. The molecule has 0 bridgehead atoms. The molecule has 0 saturated heterocycles. The second-order valence-electron chi connectivity index (χ2n) is 6.34. The highest BCUT2D eigenvalue weighted by Gasteiger charge is 2.12. The Kier molecular flexibility index (Phi) is 6.10. The standard InChI is InChI=1S/C18H27NO/c1-6-19(14-16-10-7-11-17(20)13-16)15(2)9-8-12-18(3,4)5/h7,10-11,13,15,20H,6,9,14H2,1-5H3. The van der Waals surface area contributed by atoms with Crippen LogP contribution in [0.3, 0.4) is 0 Å². The van der Waals surface area contributed by atoms with Gasteiger partial charge in [0.2, 0.25) is 0 Å². The molecule has 0 saturated carbocycles. The van der Waals surface area contributed by atoms with E-state index in [9.17, 15) is 5.11 Å². The van der Waals surface area contributed by atoms with Crippen molar-refractivity contribution in [3.05, 3.63) is 29.8 Å². The van der Waals surface area contributed by atoms with E-state index in [-0.39, 0.29) is 5.41 Å². The Hall–Kier alpha value is -1.46. The van der Waals surface area contributed by atoms with Gasteiger partial charge in [-0.25, -0.2) is 0 Å². The van der Waals surface area contributed by atoms with Crippen molar-refractivity contribution in [2.75, 3.05) is 6.54 Å². The maximum absolute atomic E-state index is 9.53. The second-order valence-corrected chi connectivity index (χ2v) is 6.34. The van der Waals surface area contributed by atoms with E-state index in [0.29, 0.717) is 11.8 Å². The Morgan fingerprint density at radius 2 is 2.00 bits per heavy atom. The lowest BCUT2D eigenvalue weighted by Gasteiger charge is -2.26. The first-order valence-corrected chi connectivity index (χ1v) is 7.34. The van der Waals surface area contributed by atoms with Crippen LogP contribution in [0.4, 0.5) is 0 Å². The van der Waals surface area contributed by atoms with Crippen molar-refractivity contribution in [2.24, 2.45) is 5.41 Å². The fourth-order valence-corrected chi connectivity index (χ4v) is 2.06. The first-order chi connectivity index (χ1) is 9.31. The Bertz CT molecular complexity index is 476. The van der Waals surface area contributed by atoms with Gasteiger partial charge >= 0.3 is 0 Å². The van der Waals surface area contributed by atoms with Crippen molar-refractivity contribution in [3.8, 4) is 17.6 Å². The summed E-state index contributed by atoms with van der Waals surface area (Å²) in [5, 5.41) is 9.53. The Balaban J connectivity index is 2.63. The van der Waals surface area contributed by atoms with E-state index in [1.807, 2.05) is 12.1 Å². The van der Waals surface area contributed by atoms with E-state index in [1.54, 1.807) is 6.07 Å². The average Bonchev–Trinajstić information content (AvgIpc) is 2.34. The van der Waals surface area contributed by atoms with Crippen molar-refractivity contribution in [1.82, 2.24) is 4.90 Å². The van der Waals surface area contributed by atoms with E-state index in [4.69, 9.17) is 0 Å². The molecule has 2 nitrogen and oxygen atoms in total. The number of benzene rings is 1. The molecule has 1 N–H and O–H groups in total. The molecule has 0 amide bonds. The van der Waals surface area contributed by atoms with Crippen molar-refractivity contribution in [2.45, 2.75) is 53.6 Å². The topological polar surface area (TPSA) is 23.5 Å². The van der Waals surface area contributed by atoms with Crippen LogP contribution in [-0.4, -0.2) is 22.6 Å². The van der Waals surface area contributed by atoms with Gasteiger partial charge < -0.3 is 5.11 Å². The van der Waals surface area contributed by atoms with Crippen LogP contribution in [0.25, 0.3) is 0 Å². The lowest BCUT2D eigenvalue weighted by molar-refractivity contribution is 0.213. The molecule has 1 aromatic carbocycles. The highest BCUT2D eigenvalue weighted by molar-refractivity contribution is 5.27. The van der Waals surface area contributed by atoms with E-state index in [2.05, 4.69) is 57.4 Å². The van der Waals surface area contributed by atoms with Gasteiger partial charge in [0.05, 0.1) is 0 Å². The number of rotatable bonds is 5. The highest BCUT2D eigenvalue weighted by Crippen LogP contribution is 2.15. The summed E-state index contributed by atoms with van der Waals surface area (Å²) in [6.07, 6.45) is 0.879. The molecular formula is C18H27NO. The number of phenolic OH excluding ortho intramolecular Hbond substituents is 1. The van der Waals surface area contributed by atoms with E-state index < -0.39 is 0 Å². The first-order valence-electron chi connectivity index (χ1n) is 7.34. The van der Waals surface area contributed by atoms with Crippen molar-refractivity contribution < 1.29 is 5.11 Å². The smallest absolute Gasteiger partial charge is 0.115 e. The maximum Gasteiger partial charge on any atom is 0.115 e. The summed E-state index contributed by atoms with van der Waals surface area (Å²) in [7, 11) is 0. The maximum atomic E-state index is 9.53. The number of aromatic hydroxyl groups is 1. The molecule has 0 radical (unpaired) electrons. The molecular weight excluding hydrogens is 246 g/mol. The van der Waals surface area contributed by atoms with Crippen molar-refractivity contribution in [3.63, 3.8) is 0 Å². The number of hydrogen-bond donors (Lipinski definition) is 1. The molecule has 1 rings (SSSR count). The minimum Gasteiger partial charge on any atom is -0.508 e. The van der Waals surface area contributed by atoms with E-state index >= 15 is 0 Å². The van der Waals surface area contributed by atoms with Crippen LogP contribution < -0.4 is 0 Å². The molecule has 0 aliphatic rings. The van der Waals surface area contributed by atoms with Gasteiger partial charge in [-0.15, -0.1) is 5.92 Å². The largest absolute Gasteiger partial charge is 0.508 e. The van der Waals surface area contributed by atoms with Gasteiger partial charge in [-0.05, 0) is 51.9 Å². The van der Waals surface area contributed by atoms with Gasteiger partial charge in [0.25, 0.3) is 0 Å². The van der Waals surface area contributed by atoms with Crippen molar-refractivity contribution >= 4 is 0 Å². The number of phenols is 1. The molecule has 0 aromatic heterocycles. The van der Waals surface area contributed by atoms with Gasteiger partial charge in [0, 0.05) is 24.4 Å². The zero-order valence-electron chi connectivity index (χ0n) is 13.4. The Morgan fingerprint density at radius 1 is 1.30 bits per heavy atom. The average molecular weight is 273 g/mol. The van der Waals surface area contributed by atoms with E-state index in [0.717, 1.165) is 25.1 Å². The molecule has 2 heteroatoms. The molecule has 20 heavy (non-hydrogen) atoms. The first kappa shape index (κ1) is 16.6. The SMILES string of the molecule is CCN(Cc1cccc(O)c1)C(C)CC#CC(C)(C)C. The Labute approximate surface area is 123 Å². The molecule has 1 aromatic rings. The van der Waals surface area contributed by atoms with Crippen LogP contribution in [0.2, 0.25) is 0 Å². The summed E-state index contributed by atoms with van der Waals surface area (Å²) in [5.74, 6) is 6.92. The molecule has 0 aliphatic carbocycles. The summed E-state index contributed by atoms with van der Waals surface area (Å²) >= 11 is 0. The Morgan fingerprint density at radius 3 is 2.55 bits per heavy atom. The zero-order valence-corrected chi connectivity index (χ0v) is 13.4. The van der Waals surface area contributed by atoms with Crippen LogP contribution in [0.5, 0.6) is 5.75 Å². The van der Waals surface area contributed by atoms with Crippen LogP contribution >= 0.6 is 0 Å². The second kappa shape index (κ2) is 7.36. The molecule has 0 fully saturated rings. The third-order valence-corrected chi connectivity index (χ3v) is 3.19. The van der Waals surface area contributed by atoms with Gasteiger partial charge in [-0.1, -0.05) is 25.0 Å². The van der Waals surface area contributed by atoms with Crippen LogP contribution in [0, 0.1) is 17.3 Å². The van der Waals surface area contributed by atoms with Gasteiger partial charge in [0.15, 0.2) is 0 Å². The fourth-order valence-electron chi connectivity index (χ4n) is 2.06. The normalized spacial score (nSPS) is 12.9. The highest BCUT2D eigenvalue weighted by atomic mass is 16.3. The minimum absolute atomic E-state index is 0.0714. The fraction of sp³-hybridized carbons (Fsp3) is 0.556. The molecule has 0 aliphatic heterocycles. The molecule has 0 heterocycles. The molecule has 1 atom stereocenters. The number of hydrogen-bond acceptors (Lipinski definition) is 2. The van der Waals surface area contributed by atoms with Crippen molar-refractivity contribution in [1.29, 1.82) is 0 Å². The van der Waals surface area contributed by atoms with Crippen LogP contribution in [0.1, 0.15) is 46.6 Å². The van der Waals surface area contributed by atoms with Gasteiger partial charge in [-0.3, -0.25) is 4.90 Å². The summed E-state index contributed by atoms with van der Waals surface area (Å²) in [6, 6.07) is 7.89.